The second kappa shape index (κ2) is 6.57. The van der Waals surface area contributed by atoms with E-state index in [-0.39, 0.29) is 6.42 Å². The topological polar surface area (TPSA) is 55.4 Å². The maximum atomic E-state index is 11.7. The van der Waals surface area contributed by atoms with Crippen molar-refractivity contribution in [3.63, 3.8) is 0 Å². The number of benzene rings is 1. The predicted molar refractivity (Wildman–Crippen MR) is 74.0 cm³/mol. The summed E-state index contributed by atoms with van der Waals surface area (Å²) in [5.74, 6) is 0. The molecule has 0 saturated carbocycles. The molecule has 0 fully saturated rings. The van der Waals surface area contributed by atoms with E-state index in [0.717, 1.165) is 5.56 Å². The van der Waals surface area contributed by atoms with Crippen molar-refractivity contribution in [1.29, 1.82) is 0 Å². The quantitative estimate of drug-likeness (QED) is 0.862. The average Bonchev–Trinajstić information content (AvgIpc) is 2.26. The summed E-state index contributed by atoms with van der Waals surface area (Å²) >= 11 is 5.41. The summed E-state index contributed by atoms with van der Waals surface area (Å²) in [6.07, 6.45) is -0.551. The zero-order valence-corrected chi connectivity index (χ0v) is 12.0. The largest absolute Gasteiger partial charge is 0.444 e. The van der Waals surface area contributed by atoms with Gasteiger partial charge in [-0.15, -0.1) is 0 Å². The molecule has 1 amide bonds. The van der Waals surface area contributed by atoms with Gasteiger partial charge in [0.25, 0.3) is 0 Å². The lowest BCUT2D eigenvalue weighted by Gasteiger charge is -2.23. The molecule has 1 N–H and O–H groups in total. The van der Waals surface area contributed by atoms with Crippen molar-refractivity contribution in [2.45, 2.75) is 38.8 Å². The van der Waals surface area contributed by atoms with E-state index in [0.29, 0.717) is 0 Å². The van der Waals surface area contributed by atoms with Gasteiger partial charge in [0.05, 0.1) is 6.04 Å². The van der Waals surface area contributed by atoms with Crippen LogP contribution in [0, 0.1) is 0 Å². The summed E-state index contributed by atoms with van der Waals surface area (Å²) in [6.45, 7) is 5.32. The smallest absolute Gasteiger partial charge is 0.408 e. The highest BCUT2D eigenvalue weighted by atomic mass is 35.5. The first-order chi connectivity index (χ1) is 8.78. The lowest BCUT2D eigenvalue weighted by molar-refractivity contribution is -0.112. The van der Waals surface area contributed by atoms with Crippen molar-refractivity contribution in [3.05, 3.63) is 35.9 Å². The maximum Gasteiger partial charge on any atom is 0.408 e. The minimum Gasteiger partial charge on any atom is -0.444 e. The SMILES string of the molecule is CC(C)(C)OC(=O)NC(CC(=O)Cl)c1ccccc1. The van der Waals surface area contributed by atoms with Gasteiger partial charge in [-0.25, -0.2) is 4.79 Å². The summed E-state index contributed by atoms with van der Waals surface area (Å²) in [6, 6.07) is 8.68. The van der Waals surface area contributed by atoms with Crippen LogP contribution in [0.1, 0.15) is 38.8 Å². The van der Waals surface area contributed by atoms with E-state index < -0.39 is 23.0 Å². The van der Waals surface area contributed by atoms with Gasteiger partial charge in [-0.05, 0) is 37.9 Å². The molecule has 4 nitrogen and oxygen atoms in total. The van der Waals surface area contributed by atoms with E-state index in [1.807, 2.05) is 30.3 Å². The predicted octanol–water partition coefficient (Wildman–Crippen LogP) is 3.41. The van der Waals surface area contributed by atoms with Crippen LogP contribution in [-0.4, -0.2) is 16.9 Å². The van der Waals surface area contributed by atoms with Crippen molar-refractivity contribution in [2.24, 2.45) is 0 Å². The van der Waals surface area contributed by atoms with Crippen molar-refractivity contribution in [2.75, 3.05) is 0 Å². The van der Waals surface area contributed by atoms with Crippen molar-refractivity contribution in [3.8, 4) is 0 Å². The van der Waals surface area contributed by atoms with Crippen molar-refractivity contribution < 1.29 is 14.3 Å². The van der Waals surface area contributed by atoms with E-state index in [1.54, 1.807) is 20.8 Å². The number of ether oxygens (including phenoxy) is 1. The van der Waals surface area contributed by atoms with Gasteiger partial charge >= 0.3 is 6.09 Å². The summed E-state index contributed by atoms with van der Waals surface area (Å²) < 4.78 is 5.17. The number of carbonyl (C=O) groups excluding carboxylic acids is 2. The van der Waals surface area contributed by atoms with Gasteiger partial charge in [0.15, 0.2) is 0 Å². The highest BCUT2D eigenvalue weighted by Crippen LogP contribution is 2.19. The highest BCUT2D eigenvalue weighted by Gasteiger charge is 2.21. The van der Waals surface area contributed by atoms with Crippen LogP contribution in [0.2, 0.25) is 0 Å². The van der Waals surface area contributed by atoms with Gasteiger partial charge in [0.2, 0.25) is 5.24 Å². The fourth-order valence-electron chi connectivity index (χ4n) is 1.55. The molecule has 0 spiro atoms. The zero-order valence-electron chi connectivity index (χ0n) is 11.3. The number of nitrogens with one attached hydrogen (secondary N) is 1. The van der Waals surface area contributed by atoms with Crippen LogP contribution in [0.25, 0.3) is 0 Å². The molecule has 0 aliphatic rings. The second-order valence-electron chi connectivity index (χ2n) is 5.17. The first-order valence-electron chi connectivity index (χ1n) is 6.01. The molecular weight excluding hydrogens is 266 g/mol. The Labute approximate surface area is 118 Å². The van der Waals surface area contributed by atoms with Gasteiger partial charge < -0.3 is 10.1 Å². The number of hydrogen-bond acceptors (Lipinski definition) is 3. The number of halogens is 1. The van der Waals surface area contributed by atoms with Crippen LogP contribution in [0.4, 0.5) is 4.79 Å². The Bertz CT molecular complexity index is 440. The molecule has 1 unspecified atom stereocenters. The van der Waals surface area contributed by atoms with Gasteiger partial charge in [-0.2, -0.15) is 0 Å². The zero-order chi connectivity index (χ0) is 14.5. The Kier molecular flexibility index (Phi) is 5.36. The third kappa shape index (κ3) is 6.25. The average molecular weight is 284 g/mol. The second-order valence-corrected chi connectivity index (χ2v) is 5.59. The molecule has 1 aromatic rings. The van der Waals surface area contributed by atoms with E-state index >= 15 is 0 Å². The van der Waals surface area contributed by atoms with E-state index in [9.17, 15) is 9.59 Å². The number of alkyl carbamates (subject to hydrolysis) is 1. The minimum absolute atomic E-state index is 0.0187. The van der Waals surface area contributed by atoms with Crippen molar-refractivity contribution in [1.82, 2.24) is 5.32 Å². The maximum absolute atomic E-state index is 11.7. The van der Waals surface area contributed by atoms with Crippen LogP contribution in [0.5, 0.6) is 0 Å². The standard InChI is InChI=1S/C14H18ClNO3/c1-14(2,3)19-13(18)16-11(9-12(15)17)10-7-5-4-6-8-10/h4-8,11H,9H2,1-3H3,(H,16,18). The Balaban J connectivity index is 2.76. The summed E-state index contributed by atoms with van der Waals surface area (Å²) in [4.78, 5) is 22.8. The molecule has 0 bridgehead atoms. The minimum atomic E-state index is -0.587. The van der Waals surface area contributed by atoms with Gasteiger partial charge in [-0.1, -0.05) is 30.3 Å². The molecule has 0 aliphatic heterocycles. The van der Waals surface area contributed by atoms with Crippen LogP contribution in [0.3, 0.4) is 0 Å². The Morgan fingerprint density at radius 3 is 2.32 bits per heavy atom. The first-order valence-corrected chi connectivity index (χ1v) is 6.38. The molecule has 0 radical (unpaired) electrons. The lowest BCUT2D eigenvalue weighted by atomic mass is 10.0. The van der Waals surface area contributed by atoms with Gasteiger partial charge in [-0.3, -0.25) is 4.79 Å². The van der Waals surface area contributed by atoms with Gasteiger partial charge in [0, 0.05) is 6.42 Å². The summed E-state index contributed by atoms with van der Waals surface area (Å²) in [5, 5.41) is 2.15. The van der Waals surface area contributed by atoms with E-state index in [4.69, 9.17) is 16.3 Å². The first kappa shape index (κ1) is 15.5. The summed E-state index contributed by atoms with van der Waals surface area (Å²) in [5.41, 5.74) is 0.221. The molecule has 0 aliphatic carbocycles. The van der Waals surface area contributed by atoms with Crippen LogP contribution in [0.15, 0.2) is 30.3 Å². The fraction of sp³-hybridized carbons (Fsp3) is 0.429. The summed E-state index contributed by atoms with van der Waals surface area (Å²) in [7, 11) is 0. The number of rotatable bonds is 4. The molecule has 104 valence electrons. The molecule has 1 aromatic carbocycles. The third-order valence-electron chi connectivity index (χ3n) is 2.26. The van der Waals surface area contributed by atoms with Crippen LogP contribution in [-0.2, 0) is 9.53 Å². The molecule has 0 saturated heterocycles. The number of hydrogen-bond donors (Lipinski definition) is 1. The number of amides is 1. The molecule has 19 heavy (non-hydrogen) atoms. The molecular formula is C14H18ClNO3. The van der Waals surface area contributed by atoms with Crippen LogP contribution >= 0.6 is 11.6 Å². The Hall–Kier alpha value is -1.55. The molecule has 1 atom stereocenters. The third-order valence-corrected chi connectivity index (χ3v) is 2.41. The van der Waals surface area contributed by atoms with Crippen LogP contribution < -0.4 is 5.32 Å². The lowest BCUT2D eigenvalue weighted by Crippen LogP contribution is -2.35. The molecule has 1 rings (SSSR count). The molecule has 5 heteroatoms. The molecule has 0 aromatic heterocycles. The number of carbonyl (C=O) groups is 2. The monoisotopic (exact) mass is 283 g/mol. The normalized spacial score (nSPS) is 12.6. The fourth-order valence-corrected chi connectivity index (χ4v) is 1.70. The Morgan fingerprint density at radius 1 is 1.26 bits per heavy atom. The highest BCUT2D eigenvalue weighted by molar-refractivity contribution is 6.63. The van der Waals surface area contributed by atoms with Gasteiger partial charge in [0.1, 0.15) is 5.60 Å². The molecule has 0 heterocycles. The van der Waals surface area contributed by atoms with E-state index in [2.05, 4.69) is 5.32 Å². The Morgan fingerprint density at radius 2 is 1.84 bits per heavy atom. The van der Waals surface area contributed by atoms with Crippen molar-refractivity contribution >= 4 is 22.9 Å². The van der Waals surface area contributed by atoms with E-state index in [1.165, 1.54) is 0 Å².